The van der Waals surface area contributed by atoms with E-state index in [4.69, 9.17) is 16.1 Å². The third kappa shape index (κ3) is 2.25. The minimum absolute atomic E-state index is 0.422. The van der Waals surface area contributed by atoms with Crippen LogP contribution in [0.1, 0.15) is 31.2 Å². The molecule has 0 N–H and O–H groups in total. The van der Waals surface area contributed by atoms with E-state index in [9.17, 15) is 0 Å². The summed E-state index contributed by atoms with van der Waals surface area (Å²) in [4.78, 5) is 4.19. The second-order valence-corrected chi connectivity index (χ2v) is 4.50. The molecule has 0 spiro atoms. The lowest BCUT2D eigenvalue weighted by atomic mass is 10.0. The highest BCUT2D eigenvalue weighted by Crippen LogP contribution is 2.26. The van der Waals surface area contributed by atoms with E-state index in [0.717, 1.165) is 5.56 Å². The molecule has 0 unspecified atom stereocenters. The number of hydrogen-bond acceptors (Lipinski definition) is 3. The molecule has 16 heavy (non-hydrogen) atoms. The Bertz CT molecular complexity index is 505. The lowest BCUT2D eigenvalue weighted by molar-refractivity contribution is 0.394. The largest absolute Gasteiger partial charge is 0.339 e. The Kier molecular flexibility index (Phi) is 2.97. The highest BCUT2D eigenvalue weighted by atomic mass is 35.5. The predicted octanol–water partition coefficient (Wildman–Crippen LogP) is 3.82. The zero-order valence-electron chi connectivity index (χ0n) is 9.49. The second-order valence-electron chi connectivity index (χ2n) is 4.06. The fourth-order valence-electron chi connectivity index (χ4n) is 1.49. The topological polar surface area (TPSA) is 38.9 Å². The van der Waals surface area contributed by atoms with Gasteiger partial charge in [0.15, 0.2) is 0 Å². The van der Waals surface area contributed by atoms with Crippen LogP contribution in [0, 0.1) is 6.92 Å². The van der Waals surface area contributed by atoms with Crippen LogP contribution in [0.4, 0.5) is 0 Å². The zero-order valence-corrected chi connectivity index (χ0v) is 10.2. The number of aryl methyl sites for hydroxylation is 1. The molecule has 0 amide bonds. The van der Waals surface area contributed by atoms with Gasteiger partial charge < -0.3 is 4.52 Å². The first kappa shape index (κ1) is 11.1. The van der Waals surface area contributed by atoms with Crippen molar-refractivity contribution in [2.45, 2.75) is 26.7 Å². The first-order valence-electron chi connectivity index (χ1n) is 5.17. The summed E-state index contributed by atoms with van der Waals surface area (Å²) < 4.78 is 4.95. The van der Waals surface area contributed by atoms with Crippen molar-refractivity contribution in [3.63, 3.8) is 0 Å². The Morgan fingerprint density at radius 2 is 2.00 bits per heavy atom. The molecule has 0 aliphatic carbocycles. The van der Waals surface area contributed by atoms with Crippen LogP contribution in [0.25, 0.3) is 11.4 Å². The first-order valence-corrected chi connectivity index (χ1v) is 5.55. The van der Waals surface area contributed by atoms with Crippen molar-refractivity contribution >= 4 is 11.6 Å². The van der Waals surface area contributed by atoms with Gasteiger partial charge in [0, 0.05) is 17.5 Å². The SMILES string of the molecule is Cc1nc(-c2cc(Cl)cc(C(C)C)c2)no1. The lowest BCUT2D eigenvalue weighted by Gasteiger charge is -2.07. The van der Waals surface area contributed by atoms with Crippen LogP contribution in [0.3, 0.4) is 0 Å². The quantitative estimate of drug-likeness (QED) is 0.796. The van der Waals surface area contributed by atoms with E-state index in [1.54, 1.807) is 6.92 Å². The van der Waals surface area contributed by atoms with Crippen LogP contribution in [-0.4, -0.2) is 10.1 Å². The Labute approximate surface area is 99.4 Å². The summed E-state index contributed by atoms with van der Waals surface area (Å²) in [5.74, 6) is 1.56. The van der Waals surface area contributed by atoms with Crippen molar-refractivity contribution in [1.29, 1.82) is 0 Å². The molecule has 4 heteroatoms. The van der Waals surface area contributed by atoms with E-state index >= 15 is 0 Å². The van der Waals surface area contributed by atoms with Gasteiger partial charge in [-0.15, -0.1) is 0 Å². The summed E-state index contributed by atoms with van der Waals surface area (Å²) in [7, 11) is 0. The average molecular weight is 237 g/mol. The van der Waals surface area contributed by atoms with Crippen molar-refractivity contribution in [3.8, 4) is 11.4 Å². The van der Waals surface area contributed by atoms with Crippen molar-refractivity contribution in [3.05, 3.63) is 34.7 Å². The standard InChI is InChI=1S/C12H13ClN2O/c1-7(2)9-4-10(6-11(13)5-9)12-14-8(3)16-15-12/h4-7H,1-3H3. The van der Waals surface area contributed by atoms with Gasteiger partial charge in [-0.1, -0.05) is 30.6 Å². The van der Waals surface area contributed by atoms with Crippen molar-refractivity contribution in [2.24, 2.45) is 0 Å². The van der Waals surface area contributed by atoms with Gasteiger partial charge in [-0.2, -0.15) is 4.98 Å². The van der Waals surface area contributed by atoms with Crippen molar-refractivity contribution < 1.29 is 4.52 Å². The fourth-order valence-corrected chi connectivity index (χ4v) is 1.73. The molecule has 0 radical (unpaired) electrons. The molecule has 0 saturated heterocycles. The number of benzene rings is 1. The maximum absolute atomic E-state index is 6.06. The Morgan fingerprint density at radius 1 is 1.25 bits per heavy atom. The molecule has 2 aromatic rings. The smallest absolute Gasteiger partial charge is 0.223 e. The summed E-state index contributed by atoms with van der Waals surface area (Å²) in [6, 6.07) is 5.85. The summed E-state index contributed by atoms with van der Waals surface area (Å²) in [5.41, 5.74) is 2.07. The third-order valence-electron chi connectivity index (χ3n) is 2.37. The van der Waals surface area contributed by atoms with Gasteiger partial charge in [-0.25, -0.2) is 0 Å². The van der Waals surface area contributed by atoms with Crippen LogP contribution in [0.5, 0.6) is 0 Å². The molecular weight excluding hydrogens is 224 g/mol. The Hall–Kier alpha value is -1.35. The van der Waals surface area contributed by atoms with E-state index in [0.29, 0.717) is 22.7 Å². The normalized spacial score (nSPS) is 11.1. The number of rotatable bonds is 2. The molecule has 1 aromatic heterocycles. The van der Waals surface area contributed by atoms with Crippen molar-refractivity contribution in [2.75, 3.05) is 0 Å². The molecule has 1 aromatic carbocycles. The minimum atomic E-state index is 0.422. The molecule has 2 rings (SSSR count). The van der Waals surface area contributed by atoms with E-state index in [-0.39, 0.29) is 0 Å². The molecule has 0 atom stereocenters. The minimum Gasteiger partial charge on any atom is -0.339 e. The van der Waals surface area contributed by atoms with E-state index in [1.165, 1.54) is 5.56 Å². The van der Waals surface area contributed by atoms with Crippen LogP contribution in [0.15, 0.2) is 22.7 Å². The van der Waals surface area contributed by atoms with Gasteiger partial charge >= 0.3 is 0 Å². The zero-order chi connectivity index (χ0) is 11.7. The molecule has 0 bridgehead atoms. The van der Waals surface area contributed by atoms with Gasteiger partial charge in [0.25, 0.3) is 0 Å². The number of hydrogen-bond donors (Lipinski definition) is 0. The van der Waals surface area contributed by atoms with Gasteiger partial charge in [-0.05, 0) is 29.7 Å². The second kappa shape index (κ2) is 4.26. The molecule has 1 heterocycles. The van der Waals surface area contributed by atoms with Gasteiger partial charge in [0.2, 0.25) is 11.7 Å². The monoisotopic (exact) mass is 236 g/mol. The maximum atomic E-state index is 6.06. The van der Waals surface area contributed by atoms with Gasteiger partial charge in [0.1, 0.15) is 0 Å². The number of halogens is 1. The van der Waals surface area contributed by atoms with Crippen LogP contribution in [0.2, 0.25) is 5.02 Å². The average Bonchev–Trinajstić information content (AvgIpc) is 2.64. The summed E-state index contributed by atoms with van der Waals surface area (Å²) in [6.45, 7) is 6.01. The van der Waals surface area contributed by atoms with E-state index in [1.807, 2.05) is 18.2 Å². The molecule has 0 fully saturated rings. The van der Waals surface area contributed by atoms with Gasteiger partial charge in [0.05, 0.1) is 0 Å². The first-order chi connectivity index (χ1) is 7.56. The molecule has 0 aliphatic rings. The third-order valence-corrected chi connectivity index (χ3v) is 2.59. The number of aromatic nitrogens is 2. The summed E-state index contributed by atoms with van der Waals surface area (Å²) in [5, 5.41) is 4.58. The molecule has 0 aliphatic heterocycles. The van der Waals surface area contributed by atoms with Crippen LogP contribution < -0.4 is 0 Å². The Morgan fingerprint density at radius 3 is 2.56 bits per heavy atom. The highest BCUT2D eigenvalue weighted by Gasteiger charge is 2.09. The highest BCUT2D eigenvalue weighted by molar-refractivity contribution is 6.30. The van der Waals surface area contributed by atoms with E-state index < -0.39 is 0 Å². The molecule has 84 valence electrons. The van der Waals surface area contributed by atoms with Crippen molar-refractivity contribution in [1.82, 2.24) is 10.1 Å². The van der Waals surface area contributed by atoms with E-state index in [2.05, 4.69) is 24.0 Å². The molecule has 0 saturated carbocycles. The fraction of sp³-hybridized carbons (Fsp3) is 0.333. The van der Waals surface area contributed by atoms with Crippen LogP contribution >= 0.6 is 11.6 Å². The number of nitrogens with zero attached hydrogens (tertiary/aromatic N) is 2. The maximum Gasteiger partial charge on any atom is 0.223 e. The van der Waals surface area contributed by atoms with Crippen LogP contribution in [-0.2, 0) is 0 Å². The summed E-state index contributed by atoms with van der Waals surface area (Å²) >= 11 is 6.06. The summed E-state index contributed by atoms with van der Waals surface area (Å²) in [6.07, 6.45) is 0. The lowest BCUT2D eigenvalue weighted by Crippen LogP contribution is -1.89. The Balaban J connectivity index is 2.49. The van der Waals surface area contributed by atoms with Gasteiger partial charge in [-0.3, -0.25) is 0 Å². The molecular formula is C12H13ClN2O. The predicted molar refractivity (Wildman–Crippen MR) is 63.6 cm³/mol. The molecule has 3 nitrogen and oxygen atoms in total.